The predicted molar refractivity (Wildman–Crippen MR) is 189 cm³/mol. The molecule has 5 rings (SSSR count). The fourth-order valence-corrected chi connectivity index (χ4v) is 6.68. The molecule has 1 aromatic carbocycles. The lowest BCUT2D eigenvalue weighted by atomic mass is 9.93. The quantitative estimate of drug-likeness (QED) is 0.0893. The number of hydrogen-bond acceptors (Lipinski definition) is 17. The molecule has 1 N–H and O–H groups in total. The van der Waals surface area contributed by atoms with Crippen LogP contribution in [-0.2, 0) is 76.1 Å². The second-order valence-electron chi connectivity index (χ2n) is 13.1. The molecule has 56 heavy (non-hydrogen) atoms. The normalized spacial score (nSPS) is 31.9. The fourth-order valence-electron chi connectivity index (χ4n) is 6.54. The van der Waals surface area contributed by atoms with E-state index in [0.717, 1.165) is 32.6 Å². The van der Waals surface area contributed by atoms with Gasteiger partial charge in [-0.05, 0) is 13.8 Å². The van der Waals surface area contributed by atoms with E-state index in [9.17, 15) is 28.8 Å². The summed E-state index contributed by atoms with van der Waals surface area (Å²) in [7, 11) is 0. The number of alkyl halides is 3. The van der Waals surface area contributed by atoms with Crippen molar-refractivity contribution in [3.63, 3.8) is 0 Å². The van der Waals surface area contributed by atoms with Crippen molar-refractivity contribution in [2.75, 3.05) is 13.2 Å². The average molecular weight is 850 g/mol. The Hall–Kier alpha value is -3.88. The summed E-state index contributed by atoms with van der Waals surface area (Å²) >= 11 is 17.9. The van der Waals surface area contributed by atoms with Gasteiger partial charge in [0.05, 0.1) is 6.61 Å². The summed E-state index contributed by atoms with van der Waals surface area (Å²) in [5.74, 6) is -5.99. The molecule has 18 nitrogen and oxygen atoms in total. The lowest BCUT2D eigenvalue weighted by molar-refractivity contribution is -0.378. The molecule has 0 spiro atoms. The number of benzene rings is 1. The number of rotatable bonds is 10. The zero-order chi connectivity index (χ0) is 41.2. The van der Waals surface area contributed by atoms with Crippen LogP contribution < -0.4 is 0 Å². The van der Waals surface area contributed by atoms with Crippen molar-refractivity contribution in [1.82, 2.24) is 4.90 Å². The molecule has 0 unspecified atom stereocenters. The monoisotopic (exact) mass is 848 g/mol. The number of esters is 4. The van der Waals surface area contributed by atoms with Crippen LogP contribution in [0.2, 0.25) is 0 Å². The van der Waals surface area contributed by atoms with Crippen molar-refractivity contribution in [1.29, 1.82) is 5.41 Å². The summed E-state index contributed by atoms with van der Waals surface area (Å²) in [6.45, 7) is 6.31. The van der Waals surface area contributed by atoms with Crippen LogP contribution in [0.15, 0.2) is 41.5 Å². The molecule has 0 saturated carbocycles. The average Bonchev–Trinajstić information content (AvgIpc) is 3.30. The van der Waals surface area contributed by atoms with Gasteiger partial charge in [0.15, 0.2) is 30.9 Å². The second-order valence-corrected chi connectivity index (χ2v) is 15.3. The van der Waals surface area contributed by atoms with Gasteiger partial charge in [-0.15, -0.1) is 0 Å². The van der Waals surface area contributed by atoms with E-state index in [1.165, 1.54) is 13.8 Å². The molecule has 4 aliphatic heterocycles. The van der Waals surface area contributed by atoms with Gasteiger partial charge in [-0.3, -0.25) is 39.1 Å². The molecule has 2 amide bonds. The molecule has 4 aliphatic rings. The number of carbonyl (C=O) groups is 6. The molecule has 3 saturated heterocycles. The molecule has 11 atom stereocenters. The zero-order valence-electron chi connectivity index (χ0n) is 30.8. The third kappa shape index (κ3) is 9.62. The lowest BCUT2D eigenvalue weighted by Crippen LogP contribution is -2.71. The highest BCUT2D eigenvalue weighted by Gasteiger charge is 2.61. The van der Waals surface area contributed by atoms with E-state index >= 15 is 0 Å². The molecule has 0 radical (unpaired) electrons. The molecule has 4 heterocycles. The van der Waals surface area contributed by atoms with Gasteiger partial charge in [0.25, 0.3) is 15.6 Å². The number of amides is 2. The highest BCUT2D eigenvalue weighted by atomic mass is 35.6. The Kier molecular flexibility index (Phi) is 13.7. The van der Waals surface area contributed by atoms with Crippen molar-refractivity contribution in [3.8, 4) is 0 Å². The van der Waals surface area contributed by atoms with E-state index in [4.69, 9.17) is 87.6 Å². The van der Waals surface area contributed by atoms with Gasteiger partial charge in [-0.1, -0.05) is 65.1 Å². The lowest BCUT2D eigenvalue weighted by Gasteiger charge is -2.52. The maximum absolute atomic E-state index is 13.9. The van der Waals surface area contributed by atoms with Crippen LogP contribution in [0.1, 0.15) is 53.4 Å². The molecule has 306 valence electrons. The second kappa shape index (κ2) is 17.7. The molecule has 3 fully saturated rings. The number of fused-ring (bicyclic) bond motifs is 1. The SMILES string of the molecule is CC(=O)OC[C@H]1O[C@@H](O[C@H]2[C@@H]3O[C@H](c4ccccc4)OC[C@H]3O[C@@H](OC(=N)C(Cl)(Cl)Cl)[C@@H]2N2C(=O)C(C)=C(C)C2=O)[C@H](OC(C)=O)[C@@H](OC(C)=O)[C@H]1OC(C)=O. The number of nitrogens with zero attached hydrogens (tertiary/aromatic N) is 1. The molecule has 0 aromatic heterocycles. The van der Waals surface area contributed by atoms with E-state index in [-0.39, 0.29) is 17.8 Å². The van der Waals surface area contributed by atoms with Crippen LogP contribution in [0.3, 0.4) is 0 Å². The Bertz CT molecular complexity index is 1730. The highest BCUT2D eigenvalue weighted by molar-refractivity contribution is 6.76. The van der Waals surface area contributed by atoms with Crippen LogP contribution in [-0.4, -0.2) is 125 Å². The fraction of sp³-hybridized carbons (Fsp3) is 0.571. The third-order valence-corrected chi connectivity index (χ3v) is 9.56. The minimum absolute atomic E-state index is 0.0634. The topological polar surface area (TPSA) is 222 Å². The Labute approximate surface area is 335 Å². The first kappa shape index (κ1) is 43.2. The molecule has 21 heteroatoms. The number of nitrogens with one attached hydrogen (secondary N) is 1. The van der Waals surface area contributed by atoms with Crippen molar-refractivity contribution < 1.29 is 76.1 Å². The van der Waals surface area contributed by atoms with Crippen LogP contribution in [0.5, 0.6) is 0 Å². The van der Waals surface area contributed by atoms with E-state index in [0.29, 0.717) is 5.56 Å². The number of ether oxygens (including phenoxy) is 10. The number of imide groups is 1. The third-order valence-electron chi connectivity index (χ3n) is 9.05. The summed E-state index contributed by atoms with van der Waals surface area (Å²) < 4.78 is 56.7. The summed E-state index contributed by atoms with van der Waals surface area (Å²) in [6, 6.07) is 7.02. The van der Waals surface area contributed by atoms with Crippen LogP contribution >= 0.6 is 34.8 Å². The van der Waals surface area contributed by atoms with Gasteiger partial charge in [0.2, 0.25) is 12.2 Å². The predicted octanol–water partition coefficient (Wildman–Crippen LogP) is 2.73. The van der Waals surface area contributed by atoms with Crippen molar-refractivity contribution in [3.05, 3.63) is 47.0 Å². The van der Waals surface area contributed by atoms with E-state index in [1.807, 2.05) is 0 Å². The van der Waals surface area contributed by atoms with Gasteiger partial charge in [0, 0.05) is 44.4 Å². The summed E-state index contributed by atoms with van der Waals surface area (Å²) in [5, 5.41) is 8.38. The first-order chi connectivity index (χ1) is 26.3. The Morgan fingerprint density at radius 2 is 1.34 bits per heavy atom. The summed E-state index contributed by atoms with van der Waals surface area (Å²) in [4.78, 5) is 78.0. The Balaban J connectivity index is 1.67. The summed E-state index contributed by atoms with van der Waals surface area (Å²) in [6.07, 6.45) is -15.1. The van der Waals surface area contributed by atoms with Gasteiger partial charge < -0.3 is 47.4 Å². The minimum Gasteiger partial charge on any atom is -0.463 e. The first-order valence-electron chi connectivity index (χ1n) is 17.1. The van der Waals surface area contributed by atoms with E-state index in [2.05, 4.69) is 0 Å². The van der Waals surface area contributed by atoms with Crippen LogP contribution in [0.25, 0.3) is 0 Å². The maximum atomic E-state index is 13.9. The number of halogens is 3. The van der Waals surface area contributed by atoms with Gasteiger partial charge in [-0.25, -0.2) is 0 Å². The zero-order valence-corrected chi connectivity index (χ0v) is 33.0. The molecular weight excluding hydrogens is 811 g/mol. The van der Waals surface area contributed by atoms with Gasteiger partial charge in [0.1, 0.15) is 37.1 Å². The first-order valence-corrected chi connectivity index (χ1v) is 18.2. The van der Waals surface area contributed by atoms with Crippen LogP contribution in [0.4, 0.5) is 0 Å². The largest absolute Gasteiger partial charge is 0.463 e. The molecular formula is C35H39Cl3N2O16. The Morgan fingerprint density at radius 1 is 0.768 bits per heavy atom. The number of carbonyl (C=O) groups excluding carboxylic acids is 6. The molecule has 0 bridgehead atoms. The van der Waals surface area contributed by atoms with Crippen molar-refractivity contribution in [2.45, 2.75) is 113 Å². The van der Waals surface area contributed by atoms with E-state index in [1.54, 1.807) is 30.3 Å². The minimum atomic E-state index is -2.44. The number of hydrogen-bond donors (Lipinski definition) is 1. The highest BCUT2D eigenvalue weighted by Crippen LogP contribution is 2.42. The maximum Gasteiger partial charge on any atom is 0.303 e. The summed E-state index contributed by atoms with van der Waals surface area (Å²) in [5.41, 5.74) is 0.688. The van der Waals surface area contributed by atoms with Gasteiger partial charge in [-0.2, -0.15) is 0 Å². The standard InChI is InChI=1S/C35H39Cl3N2O16/c1-14-15(2)30(46)40(29(14)45)23-26(24-22(52-32(23)56-34(39)35(36,37)38)13-48-31(54-24)20-10-8-7-9-11-20)55-33-28(51-19(6)44)27(50-18(5)43)25(49-17(4)42)21(53-33)12-47-16(3)41/h7-11,21-28,31-33,39H,12-13H2,1-6H3/t21-,22-,23-,24-,25+,26-,27+,28-,31-,32+,33+/m1/s1. The molecule has 0 aliphatic carbocycles. The Morgan fingerprint density at radius 3 is 1.89 bits per heavy atom. The van der Waals surface area contributed by atoms with Crippen molar-refractivity contribution in [2.24, 2.45) is 0 Å². The smallest absolute Gasteiger partial charge is 0.303 e. The molecule has 1 aromatic rings. The van der Waals surface area contributed by atoms with Crippen LogP contribution in [0, 0.1) is 5.41 Å². The van der Waals surface area contributed by atoms with E-state index < -0.39 is 120 Å². The van der Waals surface area contributed by atoms with Crippen molar-refractivity contribution >= 4 is 76.4 Å². The van der Waals surface area contributed by atoms with Gasteiger partial charge >= 0.3 is 23.9 Å².